The van der Waals surface area contributed by atoms with Crippen molar-refractivity contribution in [2.45, 2.75) is 12.7 Å². The average molecular weight is 319 g/mol. The number of halogens is 3. The van der Waals surface area contributed by atoms with Gasteiger partial charge in [0.25, 0.3) is 0 Å². The topological polar surface area (TPSA) is 46.9 Å². The first-order chi connectivity index (χ1) is 10.9. The fourth-order valence-corrected chi connectivity index (χ4v) is 2.23. The summed E-state index contributed by atoms with van der Waals surface area (Å²) in [7, 11) is 0. The maximum absolute atomic E-state index is 12.5. The summed E-state index contributed by atoms with van der Waals surface area (Å²) < 4.78 is 39.1. The van der Waals surface area contributed by atoms with Crippen LogP contribution in [0.3, 0.4) is 0 Å². The summed E-state index contributed by atoms with van der Waals surface area (Å²) in [4.78, 5) is 16.2. The first-order valence-corrected chi connectivity index (χ1v) is 6.80. The number of hydrogen-bond donors (Lipinski definition) is 1. The largest absolute Gasteiger partial charge is 0.416 e. The molecule has 0 aliphatic heterocycles. The van der Waals surface area contributed by atoms with Gasteiger partial charge in [-0.2, -0.15) is 13.2 Å². The molecule has 0 bridgehead atoms. The quantitative estimate of drug-likeness (QED) is 0.800. The van der Waals surface area contributed by atoms with Crippen LogP contribution in [0.5, 0.6) is 0 Å². The van der Waals surface area contributed by atoms with Crippen LogP contribution in [-0.4, -0.2) is 15.5 Å². The van der Waals surface area contributed by atoms with Crippen LogP contribution in [0.2, 0.25) is 0 Å². The fraction of sp³-hybridized carbons (Fsp3) is 0.125. The number of rotatable bonds is 3. The van der Waals surface area contributed by atoms with Crippen LogP contribution in [-0.2, 0) is 17.5 Å². The van der Waals surface area contributed by atoms with Crippen molar-refractivity contribution in [3.8, 4) is 0 Å². The highest BCUT2D eigenvalue weighted by Crippen LogP contribution is 2.29. The minimum Gasteiger partial charge on any atom is -0.325 e. The number of benzene rings is 2. The number of alkyl halides is 3. The van der Waals surface area contributed by atoms with Gasteiger partial charge >= 0.3 is 6.18 Å². The van der Waals surface area contributed by atoms with Crippen LogP contribution in [0.1, 0.15) is 5.56 Å². The van der Waals surface area contributed by atoms with E-state index in [0.29, 0.717) is 5.69 Å². The molecule has 3 aromatic rings. The van der Waals surface area contributed by atoms with Crippen molar-refractivity contribution in [2.24, 2.45) is 0 Å². The minimum atomic E-state index is -4.39. The predicted octanol–water partition coefficient (Wildman–Crippen LogP) is 3.69. The van der Waals surface area contributed by atoms with Crippen LogP contribution in [0.25, 0.3) is 11.0 Å². The molecule has 1 amide bonds. The molecule has 0 spiro atoms. The lowest BCUT2D eigenvalue weighted by molar-refractivity contribution is -0.137. The molecule has 7 heteroatoms. The van der Waals surface area contributed by atoms with Crippen LogP contribution < -0.4 is 5.32 Å². The highest BCUT2D eigenvalue weighted by Gasteiger charge is 2.29. The van der Waals surface area contributed by atoms with Gasteiger partial charge in [0.1, 0.15) is 6.54 Å². The van der Waals surface area contributed by atoms with Gasteiger partial charge in [-0.25, -0.2) is 4.98 Å². The van der Waals surface area contributed by atoms with Gasteiger partial charge in [0.2, 0.25) is 5.91 Å². The Morgan fingerprint density at radius 3 is 2.48 bits per heavy atom. The summed E-state index contributed by atoms with van der Waals surface area (Å²) in [6.45, 7) is 0.0293. The number of nitrogens with zero attached hydrogens (tertiary/aromatic N) is 2. The summed E-state index contributed by atoms with van der Waals surface area (Å²) in [5.41, 5.74) is 1.15. The normalized spacial score (nSPS) is 11.6. The Bertz CT molecular complexity index is 838. The molecule has 0 radical (unpaired) electrons. The van der Waals surface area contributed by atoms with Crippen molar-refractivity contribution in [2.75, 3.05) is 5.32 Å². The van der Waals surface area contributed by atoms with Crippen molar-refractivity contribution in [3.05, 3.63) is 60.4 Å². The van der Waals surface area contributed by atoms with Crippen molar-refractivity contribution in [1.82, 2.24) is 9.55 Å². The van der Waals surface area contributed by atoms with Gasteiger partial charge < -0.3 is 9.88 Å². The maximum Gasteiger partial charge on any atom is 0.416 e. The van der Waals surface area contributed by atoms with Gasteiger partial charge in [-0.1, -0.05) is 12.1 Å². The summed E-state index contributed by atoms with van der Waals surface area (Å²) in [6.07, 6.45) is -2.84. The number of imidazole rings is 1. The van der Waals surface area contributed by atoms with Crippen molar-refractivity contribution in [1.29, 1.82) is 0 Å². The standard InChI is InChI=1S/C16H12F3N3O/c17-16(18,19)11-5-7-12(8-6-11)21-15(23)9-22-10-20-13-3-1-2-4-14(13)22/h1-8,10H,9H2,(H,21,23). The molecular formula is C16H12F3N3O. The third-order valence-electron chi connectivity index (χ3n) is 3.34. The van der Waals surface area contributed by atoms with Crippen molar-refractivity contribution < 1.29 is 18.0 Å². The van der Waals surface area contributed by atoms with E-state index in [2.05, 4.69) is 10.3 Å². The molecule has 1 N–H and O–H groups in total. The van der Waals surface area contributed by atoms with Gasteiger partial charge in [0.05, 0.1) is 22.9 Å². The smallest absolute Gasteiger partial charge is 0.325 e. The van der Waals surface area contributed by atoms with E-state index in [0.717, 1.165) is 23.2 Å². The van der Waals surface area contributed by atoms with Gasteiger partial charge in [-0.05, 0) is 36.4 Å². The molecule has 0 saturated heterocycles. The molecule has 0 aliphatic rings. The molecule has 4 nitrogen and oxygen atoms in total. The first kappa shape index (κ1) is 15.1. The van der Waals surface area contributed by atoms with Gasteiger partial charge in [-0.15, -0.1) is 0 Å². The molecule has 1 aromatic heterocycles. The third kappa shape index (κ3) is 3.33. The Morgan fingerprint density at radius 1 is 1.09 bits per heavy atom. The number of para-hydroxylation sites is 2. The number of fused-ring (bicyclic) bond motifs is 1. The van der Waals surface area contributed by atoms with E-state index >= 15 is 0 Å². The van der Waals surface area contributed by atoms with E-state index in [-0.39, 0.29) is 12.5 Å². The fourth-order valence-electron chi connectivity index (χ4n) is 2.23. The zero-order valence-corrected chi connectivity index (χ0v) is 11.8. The zero-order valence-electron chi connectivity index (χ0n) is 11.8. The number of carbonyl (C=O) groups excluding carboxylic acids is 1. The van der Waals surface area contributed by atoms with E-state index in [1.807, 2.05) is 24.3 Å². The Balaban J connectivity index is 1.70. The van der Waals surface area contributed by atoms with E-state index in [1.165, 1.54) is 12.1 Å². The Hall–Kier alpha value is -2.83. The Kier molecular flexibility index (Phi) is 3.77. The molecule has 0 fully saturated rings. The molecule has 3 rings (SSSR count). The second-order valence-corrected chi connectivity index (χ2v) is 4.98. The summed E-state index contributed by atoms with van der Waals surface area (Å²) >= 11 is 0. The lowest BCUT2D eigenvalue weighted by atomic mass is 10.2. The SMILES string of the molecule is O=C(Cn1cnc2ccccc21)Nc1ccc(C(F)(F)F)cc1. The third-order valence-corrected chi connectivity index (χ3v) is 3.34. The first-order valence-electron chi connectivity index (χ1n) is 6.80. The molecule has 0 atom stereocenters. The lowest BCUT2D eigenvalue weighted by Crippen LogP contribution is -2.18. The van der Waals surface area contributed by atoms with Gasteiger partial charge in [0.15, 0.2) is 0 Å². The van der Waals surface area contributed by atoms with Crippen LogP contribution >= 0.6 is 0 Å². The summed E-state index contributed by atoms with van der Waals surface area (Å²) in [6, 6.07) is 11.7. The highest BCUT2D eigenvalue weighted by molar-refractivity contribution is 5.91. The van der Waals surface area contributed by atoms with E-state index in [4.69, 9.17) is 0 Å². The molecule has 0 saturated carbocycles. The number of carbonyl (C=O) groups is 1. The number of anilines is 1. The molecule has 2 aromatic carbocycles. The molecule has 1 heterocycles. The second-order valence-electron chi connectivity index (χ2n) is 4.98. The molecular weight excluding hydrogens is 307 g/mol. The van der Waals surface area contributed by atoms with Crippen LogP contribution in [0, 0.1) is 0 Å². The predicted molar refractivity (Wildman–Crippen MR) is 79.8 cm³/mol. The van der Waals surface area contributed by atoms with Crippen molar-refractivity contribution in [3.63, 3.8) is 0 Å². The molecule has 0 unspecified atom stereocenters. The molecule has 0 aliphatic carbocycles. The average Bonchev–Trinajstić information content (AvgIpc) is 2.90. The van der Waals surface area contributed by atoms with Gasteiger partial charge in [-0.3, -0.25) is 4.79 Å². The molecule has 118 valence electrons. The number of aromatic nitrogens is 2. The lowest BCUT2D eigenvalue weighted by Gasteiger charge is -2.09. The Labute approximate surface area is 129 Å². The highest BCUT2D eigenvalue weighted by atomic mass is 19.4. The Morgan fingerprint density at radius 2 is 1.78 bits per heavy atom. The molecule has 23 heavy (non-hydrogen) atoms. The van der Waals surface area contributed by atoms with E-state index < -0.39 is 11.7 Å². The number of hydrogen-bond acceptors (Lipinski definition) is 2. The summed E-state index contributed by atoms with van der Waals surface area (Å²) in [5, 5.41) is 2.57. The second kappa shape index (κ2) is 5.75. The zero-order chi connectivity index (χ0) is 16.4. The summed E-state index contributed by atoms with van der Waals surface area (Å²) in [5.74, 6) is -0.340. The van der Waals surface area contributed by atoms with Crippen LogP contribution in [0.4, 0.5) is 18.9 Å². The van der Waals surface area contributed by atoms with Crippen LogP contribution in [0.15, 0.2) is 54.9 Å². The monoisotopic (exact) mass is 319 g/mol. The van der Waals surface area contributed by atoms with Crippen molar-refractivity contribution >= 4 is 22.6 Å². The van der Waals surface area contributed by atoms with E-state index in [1.54, 1.807) is 10.9 Å². The number of amides is 1. The van der Waals surface area contributed by atoms with Gasteiger partial charge in [0, 0.05) is 5.69 Å². The minimum absolute atomic E-state index is 0.0293. The van der Waals surface area contributed by atoms with E-state index in [9.17, 15) is 18.0 Å². The maximum atomic E-state index is 12.5. The number of nitrogens with one attached hydrogen (secondary N) is 1.